The van der Waals surface area contributed by atoms with Gasteiger partial charge < -0.3 is 5.32 Å². The molecule has 1 N–H and O–H groups in total. The van der Waals surface area contributed by atoms with Crippen LogP contribution in [0.5, 0.6) is 0 Å². The zero-order valence-corrected chi connectivity index (χ0v) is 14.4. The Kier molecular flexibility index (Phi) is 3.78. The Morgan fingerprint density at radius 2 is 2.00 bits per heavy atom. The molecule has 142 valence electrons. The molecule has 1 aliphatic rings. The number of aromatic nitrogens is 6. The molecular formula is C15H15F3N8O. The Hall–Kier alpha value is -3.18. The quantitative estimate of drug-likeness (QED) is 0.738. The number of nitrogens with one attached hydrogen (secondary N) is 1. The van der Waals surface area contributed by atoms with Gasteiger partial charge in [0.25, 0.3) is 11.7 Å². The van der Waals surface area contributed by atoms with Crippen LogP contribution in [-0.2, 0) is 18.0 Å². The number of fused-ring (bicyclic) bond motifs is 1. The molecule has 1 saturated heterocycles. The Labute approximate surface area is 150 Å². The van der Waals surface area contributed by atoms with Crippen molar-refractivity contribution in [1.82, 2.24) is 29.6 Å². The van der Waals surface area contributed by atoms with Crippen molar-refractivity contribution in [2.45, 2.75) is 25.6 Å². The smallest absolute Gasteiger partial charge is 0.357 e. The van der Waals surface area contributed by atoms with Crippen molar-refractivity contribution in [1.29, 1.82) is 0 Å². The number of nitrogens with zero attached hydrogens (tertiary/aromatic N) is 7. The first-order chi connectivity index (χ1) is 12.7. The van der Waals surface area contributed by atoms with Crippen molar-refractivity contribution in [3.8, 4) is 0 Å². The highest BCUT2D eigenvalue weighted by Gasteiger charge is 2.38. The van der Waals surface area contributed by atoms with Crippen molar-refractivity contribution in [3.05, 3.63) is 29.7 Å². The number of rotatable bonds is 3. The SMILES string of the molecule is Cc1cc(N2CCC(Nc3ccc4nnc(C(F)(F)F)n4n3)C2=O)n(C)n1. The lowest BCUT2D eigenvalue weighted by Crippen LogP contribution is -2.34. The standard InChI is InChI=1S/C15H15F3N8O/c1-8-7-12(24(2)22-8)25-6-5-9(13(25)27)19-10-3-4-11-20-21-14(15(16,17)18)26(11)23-10/h3-4,7,9H,5-6H2,1-2H3,(H,19,23). The molecule has 0 aliphatic carbocycles. The highest BCUT2D eigenvalue weighted by molar-refractivity contribution is 6.00. The highest BCUT2D eigenvalue weighted by Crippen LogP contribution is 2.28. The molecule has 1 unspecified atom stereocenters. The van der Waals surface area contributed by atoms with Gasteiger partial charge in [-0.2, -0.15) is 22.8 Å². The van der Waals surface area contributed by atoms with E-state index in [1.54, 1.807) is 22.7 Å². The molecule has 4 rings (SSSR count). The third kappa shape index (κ3) is 2.96. The Balaban J connectivity index is 1.58. The van der Waals surface area contributed by atoms with E-state index in [-0.39, 0.29) is 17.4 Å². The van der Waals surface area contributed by atoms with Crippen LogP contribution in [0.15, 0.2) is 18.2 Å². The Morgan fingerprint density at radius 3 is 2.67 bits per heavy atom. The summed E-state index contributed by atoms with van der Waals surface area (Å²) in [5.41, 5.74) is 0.758. The molecule has 9 nitrogen and oxygen atoms in total. The molecule has 1 fully saturated rings. The second kappa shape index (κ2) is 5.93. The number of halogens is 3. The van der Waals surface area contributed by atoms with Gasteiger partial charge in [0.15, 0.2) is 5.65 Å². The molecule has 0 aromatic carbocycles. The number of aryl methyl sites for hydroxylation is 2. The van der Waals surface area contributed by atoms with Crippen molar-refractivity contribution in [3.63, 3.8) is 0 Å². The van der Waals surface area contributed by atoms with E-state index in [4.69, 9.17) is 0 Å². The van der Waals surface area contributed by atoms with Crippen LogP contribution in [0.3, 0.4) is 0 Å². The lowest BCUT2D eigenvalue weighted by Gasteiger charge is -2.17. The van der Waals surface area contributed by atoms with Gasteiger partial charge in [-0.3, -0.25) is 14.4 Å². The zero-order valence-electron chi connectivity index (χ0n) is 14.4. The summed E-state index contributed by atoms with van der Waals surface area (Å²) in [7, 11) is 1.75. The van der Waals surface area contributed by atoms with Crippen LogP contribution in [0.1, 0.15) is 17.9 Å². The summed E-state index contributed by atoms with van der Waals surface area (Å²) in [6.07, 6.45) is -4.19. The van der Waals surface area contributed by atoms with Crippen LogP contribution in [0, 0.1) is 6.92 Å². The van der Waals surface area contributed by atoms with Gasteiger partial charge in [0.2, 0.25) is 0 Å². The van der Waals surface area contributed by atoms with E-state index in [0.29, 0.717) is 23.3 Å². The highest BCUT2D eigenvalue weighted by atomic mass is 19.4. The molecule has 3 aromatic rings. The van der Waals surface area contributed by atoms with E-state index >= 15 is 0 Å². The molecule has 12 heteroatoms. The van der Waals surface area contributed by atoms with Crippen LogP contribution in [0.2, 0.25) is 0 Å². The topological polar surface area (TPSA) is 93.2 Å². The first kappa shape index (κ1) is 17.2. The monoisotopic (exact) mass is 380 g/mol. The van der Waals surface area contributed by atoms with Crippen LogP contribution in [0.25, 0.3) is 5.65 Å². The molecule has 0 saturated carbocycles. The van der Waals surface area contributed by atoms with Crippen LogP contribution >= 0.6 is 0 Å². The molecular weight excluding hydrogens is 365 g/mol. The van der Waals surface area contributed by atoms with Gasteiger partial charge in [-0.05, 0) is 25.5 Å². The lowest BCUT2D eigenvalue weighted by molar-refractivity contribution is -0.146. The maximum absolute atomic E-state index is 13.0. The van der Waals surface area contributed by atoms with E-state index in [2.05, 4.69) is 25.7 Å². The lowest BCUT2D eigenvalue weighted by atomic mass is 10.2. The molecule has 1 aliphatic heterocycles. The zero-order chi connectivity index (χ0) is 19.3. The van der Waals surface area contributed by atoms with Gasteiger partial charge in [-0.25, -0.2) is 0 Å². The second-order valence-corrected chi connectivity index (χ2v) is 6.25. The number of hydrogen-bond donors (Lipinski definition) is 1. The first-order valence-electron chi connectivity index (χ1n) is 8.12. The number of hydrogen-bond acceptors (Lipinski definition) is 6. The Morgan fingerprint density at radius 1 is 1.22 bits per heavy atom. The first-order valence-corrected chi connectivity index (χ1v) is 8.12. The molecule has 0 radical (unpaired) electrons. The van der Waals surface area contributed by atoms with Gasteiger partial charge in [-0.1, -0.05) is 0 Å². The normalized spacial score (nSPS) is 17.9. The summed E-state index contributed by atoms with van der Waals surface area (Å²) in [6, 6.07) is 4.03. The van der Waals surface area contributed by atoms with E-state index in [1.807, 2.05) is 6.92 Å². The van der Waals surface area contributed by atoms with Crippen molar-refractivity contribution in [2.24, 2.45) is 7.05 Å². The number of alkyl halides is 3. The molecule has 4 heterocycles. The fourth-order valence-electron chi connectivity index (χ4n) is 3.11. The molecule has 3 aromatic heterocycles. The van der Waals surface area contributed by atoms with E-state index in [9.17, 15) is 18.0 Å². The minimum absolute atomic E-state index is 0.0300. The van der Waals surface area contributed by atoms with Gasteiger partial charge in [0.05, 0.1) is 5.69 Å². The number of carbonyl (C=O) groups excluding carboxylic acids is 1. The van der Waals surface area contributed by atoms with E-state index < -0.39 is 18.0 Å². The van der Waals surface area contributed by atoms with E-state index in [0.717, 1.165) is 5.69 Å². The Bertz CT molecular complexity index is 1020. The summed E-state index contributed by atoms with van der Waals surface area (Å²) < 4.78 is 41.2. The number of carbonyl (C=O) groups is 1. The predicted molar refractivity (Wildman–Crippen MR) is 88.1 cm³/mol. The molecule has 1 amide bonds. The maximum atomic E-state index is 13.0. The summed E-state index contributed by atoms with van der Waals surface area (Å²) in [4.78, 5) is 14.3. The number of amides is 1. The van der Waals surface area contributed by atoms with Crippen molar-refractivity contribution in [2.75, 3.05) is 16.8 Å². The van der Waals surface area contributed by atoms with Crippen molar-refractivity contribution < 1.29 is 18.0 Å². The summed E-state index contributed by atoms with van der Waals surface area (Å²) >= 11 is 0. The summed E-state index contributed by atoms with van der Waals surface area (Å²) in [5.74, 6) is -0.608. The molecule has 0 spiro atoms. The van der Waals surface area contributed by atoms with Crippen LogP contribution in [0.4, 0.5) is 24.8 Å². The fraction of sp³-hybridized carbons (Fsp3) is 0.400. The fourth-order valence-corrected chi connectivity index (χ4v) is 3.11. The third-order valence-electron chi connectivity index (χ3n) is 4.30. The average Bonchev–Trinajstić information content (AvgIpc) is 3.25. The molecule has 1 atom stereocenters. The van der Waals surface area contributed by atoms with E-state index in [1.165, 1.54) is 12.1 Å². The van der Waals surface area contributed by atoms with Gasteiger partial charge in [-0.15, -0.1) is 15.3 Å². The molecule has 27 heavy (non-hydrogen) atoms. The van der Waals surface area contributed by atoms with Crippen LogP contribution < -0.4 is 10.2 Å². The average molecular weight is 380 g/mol. The number of anilines is 2. The second-order valence-electron chi connectivity index (χ2n) is 6.25. The summed E-state index contributed by atoms with van der Waals surface area (Å²) in [5, 5.41) is 17.6. The van der Waals surface area contributed by atoms with Crippen LogP contribution in [-0.4, -0.2) is 48.1 Å². The largest absolute Gasteiger partial charge is 0.453 e. The molecule has 0 bridgehead atoms. The maximum Gasteiger partial charge on any atom is 0.453 e. The van der Waals surface area contributed by atoms with Gasteiger partial charge in [0, 0.05) is 19.7 Å². The van der Waals surface area contributed by atoms with Crippen molar-refractivity contribution >= 4 is 23.2 Å². The predicted octanol–water partition coefficient (Wildman–Crippen LogP) is 1.40. The van der Waals surface area contributed by atoms with Gasteiger partial charge in [0.1, 0.15) is 17.7 Å². The minimum atomic E-state index is -4.68. The summed E-state index contributed by atoms with van der Waals surface area (Å²) in [6.45, 7) is 2.30. The third-order valence-corrected chi connectivity index (χ3v) is 4.30. The minimum Gasteiger partial charge on any atom is -0.357 e. The van der Waals surface area contributed by atoms with Gasteiger partial charge >= 0.3 is 6.18 Å².